The van der Waals surface area contributed by atoms with E-state index >= 15 is 0 Å². The van der Waals surface area contributed by atoms with Crippen LogP contribution < -0.4 is 16.6 Å². The number of aryl methyl sites for hydroxylation is 1. The van der Waals surface area contributed by atoms with Gasteiger partial charge in [-0.2, -0.15) is 0 Å². The quantitative estimate of drug-likeness (QED) is 0.279. The number of aromatic nitrogens is 2. The summed E-state index contributed by atoms with van der Waals surface area (Å²) in [5.74, 6) is 5.52. The van der Waals surface area contributed by atoms with Gasteiger partial charge in [-0.05, 0) is 36.2 Å². The Bertz CT molecular complexity index is 925. The molecule has 122 valence electrons. The van der Waals surface area contributed by atoms with Gasteiger partial charge in [0, 0.05) is 10.9 Å². The van der Waals surface area contributed by atoms with Crippen molar-refractivity contribution in [1.82, 2.24) is 15.4 Å². The van der Waals surface area contributed by atoms with Crippen molar-refractivity contribution in [3.63, 3.8) is 0 Å². The van der Waals surface area contributed by atoms with Crippen LogP contribution in [0.15, 0.2) is 36.4 Å². The molecule has 2 amide bonds. The maximum Gasteiger partial charge on any atom is 0.334 e. The number of nitrogens with one attached hydrogen (secondary N) is 2. The highest BCUT2D eigenvalue weighted by Crippen LogP contribution is 2.36. The van der Waals surface area contributed by atoms with Gasteiger partial charge in [0.2, 0.25) is 0 Å². The Morgan fingerprint density at radius 3 is 2.46 bits per heavy atom. The first-order valence-corrected chi connectivity index (χ1v) is 7.75. The van der Waals surface area contributed by atoms with Crippen LogP contribution in [0.25, 0.3) is 22.0 Å². The van der Waals surface area contributed by atoms with Crippen LogP contribution >= 0.6 is 23.2 Å². The topological polar surface area (TPSA) is 92.9 Å². The minimum Gasteiger partial charge on any atom is -0.291 e. The molecule has 8 heteroatoms. The van der Waals surface area contributed by atoms with Crippen molar-refractivity contribution in [1.29, 1.82) is 0 Å². The molecule has 0 saturated carbocycles. The summed E-state index contributed by atoms with van der Waals surface area (Å²) in [5.41, 5.74) is 5.09. The van der Waals surface area contributed by atoms with Crippen molar-refractivity contribution < 1.29 is 4.79 Å². The summed E-state index contributed by atoms with van der Waals surface area (Å²) in [6.45, 7) is 1.94. The van der Waals surface area contributed by atoms with Crippen LogP contribution in [0.5, 0.6) is 0 Å². The van der Waals surface area contributed by atoms with Crippen LogP contribution in [0.2, 0.25) is 10.3 Å². The van der Waals surface area contributed by atoms with Gasteiger partial charge in [-0.3, -0.25) is 10.7 Å². The highest BCUT2D eigenvalue weighted by molar-refractivity contribution is 6.33. The molecule has 2 heterocycles. The van der Waals surface area contributed by atoms with E-state index in [-0.39, 0.29) is 10.3 Å². The second-order valence-corrected chi connectivity index (χ2v) is 5.85. The highest BCUT2D eigenvalue weighted by Gasteiger charge is 2.17. The summed E-state index contributed by atoms with van der Waals surface area (Å²) in [4.78, 5) is 20.2. The van der Waals surface area contributed by atoms with E-state index in [0.717, 1.165) is 16.5 Å². The van der Waals surface area contributed by atoms with E-state index in [1.165, 1.54) is 0 Å². The number of nitrogens with zero attached hydrogens (tertiary/aromatic N) is 2. The number of hydrogen-bond acceptors (Lipinski definition) is 4. The van der Waals surface area contributed by atoms with Gasteiger partial charge in [-0.1, -0.05) is 41.4 Å². The normalized spacial score (nSPS) is 10.7. The number of fused-ring (bicyclic) bond motifs is 1. The summed E-state index contributed by atoms with van der Waals surface area (Å²) in [6.07, 6.45) is 0. The van der Waals surface area contributed by atoms with Gasteiger partial charge in [0.15, 0.2) is 0 Å². The Labute approximate surface area is 148 Å². The fourth-order valence-electron chi connectivity index (χ4n) is 2.57. The molecule has 0 aliphatic heterocycles. The Kier molecular flexibility index (Phi) is 4.53. The monoisotopic (exact) mass is 361 g/mol. The third kappa shape index (κ3) is 3.12. The Morgan fingerprint density at radius 2 is 1.79 bits per heavy atom. The summed E-state index contributed by atoms with van der Waals surface area (Å²) in [6, 6.07) is 10.4. The van der Waals surface area contributed by atoms with Gasteiger partial charge >= 0.3 is 6.03 Å². The molecule has 6 nitrogen and oxygen atoms in total. The van der Waals surface area contributed by atoms with Crippen LogP contribution in [0.1, 0.15) is 5.56 Å². The minimum absolute atomic E-state index is 0.249. The molecular weight excluding hydrogens is 349 g/mol. The summed E-state index contributed by atoms with van der Waals surface area (Å²) < 4.78 is 0. The molecule has 0 radical (unpaired) electrons. The lowest BCUT2D eigenvalue weighted by Crippen LogP contribution is -2.34. The third-order valence-corrected chi connectivity index (χ3v) is 3.95. The largest absolute Gasteiger partial charge is 0.334 e. The molecule has 24 heavy (non-hydrogen) atoms. The molecule has 1 aromatic carbocycles. The second-order valence-electron chi connectivity index (χ2n) is 5.08. The SMILES string of the molecule is Cc1c(-c2cc(Cl)nc(Cl)c2)c(NC(=O)NN)nc2ccccc12. The van der Waals surface area contributed by atoms with E-state index in [9.17, 15) is 4.79 Å². The van der Waals surface area contributed by atoms with E-state index in [0.29, 0.717) is 16.9 Å². The van der Waals surface area contributed by atoms with Gasteiger partial charge < -0.3 is 0 Å². The number of pyridine rings is 2. The zero-order valence-corrected chi connectivity index (χ0v) is 14.1. The van der Waals surface area contributed by atoms with Gasteiger partial charge in [0.05, 0.1) is 5.52 Å². The molecule has 0 aliphatic rings. The third-order valence-electron chi connectivity index (χ3n) is 3.57. The van der Waals surface area contributed by atoms with Crippen molar-refractivity contribution in [3.05, 3.63) is 52.3 Å². The smallest absolute Gasteiger partial charge is 0.291 e. The molecule has 3 rings (SSSR count). The van der Waals surface area contributed by atoms with Crippen LogP contribution in [0.4, 0.5) is 10.6 Å². The molecule has 0 saturated heterocycles. The molecule has 0 spiro atoms. The fraction of sp³-hybridized carbons (Fsp3) is 0.0625. The number of nitrogens with two attached hydrogens (primary N) is 1. The molecule has 0 unspecified atom stereocenters. The van der Waals surface area contributed by atoms with E-state index in [2.05, 4.69) is 15.3 Å². The second kappa shape index (κ2) is 6.60. The highest BCUT2D eigenvalue weighted by atomic mass is 35.5. The number of halogens is 2. The van der Waals surface area contributed by atoms with Crippen molar-refractivity contribution in [2.75, 3.05) is 5.32 Å². The molecule has 3 aromatic rings. The number of carbonyl (C=O) groups is 1. The Morgan fingerprint density at radius 1 is 1.12 bits per heavy atom. The number of amides is 2. The van der Waals surface area contributed by atoms with Gasteiger partial charge in [-0.25, -0.2) is 20.6 Å². The standard InChI is InChI=1S/C16H13Cl2N5O/c1-8-10-4-2-3-5-11(10)20-15(22-16(24)23-19)14(8)9-6-12(17)21-13(18)7-9/h2-7H,19H2,1H3,(H2,20,22,23,24). The Hall–Kier alpha value is -2.41. The number of hydrazine groups is 1. The van der Waals surface area contributed by atoms with Crippen molar-refractivity contribution in [2.24, 2.45) is 5.84 Å². The Balaban J connectivity index is 2.32. The van der Waals surface area contributed by atoms with Gasteiger partial charge in [0.1, 0.15) is 16.1 Å². The molecule has 0 fully saturated rings. The first-order chi connectivity index (χ1) is 11.5. The summed E-state index contributed by atoms with van der Waals surface area (Å²) in [5, 5.41) is 4.09. The lowest BCUT2D eigenvalue weighted by Gasteiger charge is -2.16. The predicted octanol–water partition coefficient (Wildman–Crippen LogP) is 3.91. The number of anilines is 1. The average Bonchev–Trinajstić information content (AvgIpc) is 2.54. The molecular formula is C16H13Cl2N5O. The fourth-order valence-corrected chi connectivity index (χ4v) is 3.03. The average molecular weight is 362 g/mol. The number of para-hydroxylation sites is 1. The van der Waals surface area contributed by atoms with Crippen molar-refractivity contribution >= 4 is 46.0 Å². The molecule has 4 N–H and O–H groups in total. The number of hydrogen-bond donors (Lipinski definition) is 3. The molecule has 0 aliphatic carbocycles. The number of urea groups is 1. The number of rotatable bonds is 2. The van der Waals surface area contributed by atoms with Crippen molar-refractivity contribution in [3.8, 4) is 11.1 Å². The van der Waals surface area contributed by atoms with Crippen LogP contribution in [0.3, 0.4) is 0 Å². The van der Waals surface area contributed by atoms with E-state index < -0.39 is 6.03 Å². The number of benzene rings is 1. The first kappa shape index (κ1) is 16.4. The molecule has 0 bridgehead atoms. The summed E-state index contributed by atoms with van der Waals surface area (Å²) in [7, 11) is 0. The van der Waals surface area contributed by atoms with E-state index in [1.807, 2.05) is 36.6 Å². The molecule has 2 aromatic heterocycles. The van der Waals surface area contributed by atoms with Crippen LogP contribution in [-0.4, -0.2) is 16.0 Å². The number of carbonyl (C=O) groups excluding carboxylic acids is 1. The van der Waals surface area contributed by atoms with Gasteiger partial charge in [-0.15, -0.1) is 0 Å². The molecule has 0 atom stereocenters. The van der Waals surface area contributed by atoms with Crippen LogP contribution in [-0.2, 0) is 0 Å². The zero-order chi connectivity index (χ0) is 17.3. The van der Waals surface area contributed by atoms with Crippen molar-refractivity contribution in [2.45, 2.75) is 6.92 Å². The maximum absolute atomic E-state index is 11.7. The van der Waals surface area contributed by atoms with Crippen LogP contribution in [0, 0.1) is 6.92 Å². The van der Waals surface area contributed by atoms with Gasteiger partial charge in [0.25, 0.3) is 0 Å². The van der Waals surface area contributed by atoms with E-state index in [4.69, 9.17) is 29.0 Å². The lowest BCUT2D eigenvalue weighted by atomic mass is 9.98. The summed E-state index contributed by atoms with van der Waals surface area (Å²) >= 11 is 12.0. The first-order valence-electron chi connectivity index (χ1n) is 7.00. The van der Waals surface area contributed by atoms with E-state index in [1.54, 1.807) is 12.1 Å². The maximum atomic E-state index is 11.7. The predicted molar refractivity (Wildman–Crippen MR) is 96.1 cm³/mol. The lowest BCUT2D eigenvalue weighted by molar-refractivity contribution is 0.252. The minimum atomic E-state index is -0.579. The zero-order valence-electron chi connectivity index (χ0n) is 12.6.